The monoisotopic (exact) mass is 297 g/mol. The zero-order valence-electron chi connectivity index (χ0n) is 12.7. The molecule has 0 saturated carbocycles. The van der Waals surface area contributed by atoms with Crippen LogP contribution in [0, 0.1) is 0 Å². The number of phenolic OH excluding ortho intramolecular Hbond substituents is 1. The zero-order valence-corrected chi connectivity index (χ0v) is 12.7. The summed E-state index contributed by atoms with van der Waals surface area (Å²) in [6.45, 7) is 4.30. The highest BCUT2D eigenvalue weighted by atomic mass is 16.5. The van der Waals surface area contributed by atoms with Crippen LogP contribution in [0.4, 0.5) is 5.69 Å². The standard InChI is InChI=1S/C18H19NO3/c1-11(2)13-5-3-12(4-6-13)9-17-18(21)19-15-8-7-14(20)10-16(15)22-17/h3-8,10-11,17,20H,9H2,1-2H3,(H,19,21). The Kier molecular flexibility index (Phi) is 3.75. The van der Waals surface area contributed by atoms with Crippen molar-refractivity contribution < 1.29 is 14.6 Å². The van der Waals surface area contributed by atoms with Gasteiger partial charge >= 0.3 is 0 Å². The quantitative estimate of drug-likeness (QED) is 0.853. The number of fused-ring (bicyclic) bond motifs is 1. The molecule has 0 fully saturated rings. The van der Waals surface area contributed by atoms with Gasteiger partial charge in [0.25, 0.3) is 5.91 Å². The first-order valence-corrected chi connectivity index (χ1v) is 7.42. The predicted octanol–water partition coefficient (Wildman–Crippen LogP) is 3.46. The molecule has 2 N–H and O–H groups in total. The van der Waals surface area contributed by atoms with Gasteiger partial charge in [0, 0.05) is 12.5 Å². The highest BCUT2D eigenvalue weighted by Crippen LogP contribution is 2.33. The van der Waals surface area contributed by atoms with E-state index in [-0.39, 0.29) is 11.7 Å². The van der Waals surface area contributed by atoms with E-state index in [1.165, 1.54) is 17.7 Å². The van der Waals surface area contributed by atoms with Gasteiger partial charge in [0.2, 0.25) is 0 Å². The van der Waals surface area contributed by atoms with Gasteiger partial charge < -0.3 is 15.2 Å². The maximum Gasteiger partial charge on any atom is 0.265 e. The maximum atomic E-state index is 12.1. The number of rotatable bonds is 3. The molecule has 4 heteroatoms. The summed E-state index contributed by atoms with van der Waals surface area (Å²) in [4.78, 5) is 12.1. The predicted molar refractivity (Wildman–Crippen MR) is 85.4 cm³/mol. The van der Waals surface area contributed by atoms with E-state index in [0.29, 0.717) is 23.8 Å². The third-order valence-corrected chi connectivity index (χ3v) is 3.85. The molecule has 1 amide bonds. The minimum absolute atomic E-state index is 0.120. The van der Waals surface area contributed by atoms with Crippen LogP contribution in [0.2, 0.25) is 0 Å². The Morgan fingerprint density at radius 2 is 1.91 bits per heavy atom. The van der Waals surface area contributed by atoms with Gasteiger partial charge in [-0.25, -0.2) is 0 Å². The Morgan fingerprint density at radius 3 is 2.59 bits per heavy atom. The molecule has 0 radical (unpaired) electrons. The molecule has 22 heavy (non-hydrogen) atoms. The molecule has 1 aliphatic rings. The number of aromatic hydroxyl groups is 1. The van der Waals surface area contributed by atoms with Crippen molar-refractivity contribution in [1.29, 1.82) is 0 Å². The first kappa shape index (κ1) is 14.4. The molecule has 0 bridgehead atoms. The largest absolute Gasteiger partial charge is 0.508 e. The summed E-state index contributed by atoms with van der Waals surface area (Å²) in [6, 6.07) is 12.9. The van der Waals surface area contributed by atoms with Gasteiger partial charge in [-0.05, 0) is 29.2 Å². The zero-order chi connectivity index (χ0) is 15.7. The van der Waals surface area contributed by atoms with Gasteiger partial charge in [-0.2, -0.15) is 0 Å². The molecule has 2 aromatic rings. The fraction of sp³-hybridized carbons (Fsp3) is 0.278. The van der Waals surface area contributed by atoms with Crippen LogP contribution in [0.1, 0.15) is 30.9 Å². The van der Waals surface area contributed by atoms with Crippen LogP contribution in [0.5, 0.6) is 11.5 Å². The van der Waals surface area contributed by atoms with E-state index in [1.807, 2.05) is 12.1 Å². The Balaban J connectivity index is 1.76. The number of benzene rings is 2. The Hall–Kier alpha value is -2.49. The van der Waals surface area contributed by atoms with E-state index < -0.39 is 6.10 Å². The normalized spacial score (nSPS) is 16.9. The lowest BCUT2D eigenvalue weighted by atomic mass is 9.99. The lowest BCUT2D eigenvalue weighted by Gasteiger charge is -2.26. The minimum Gasteiger partial charge on any atom is -0.508 e. The highest BCUT2D eigenvalue weighted by Gasteiger charge is 2.28. The molecule has 4 nitrogen and oxygen atoms in total. The lowest BCUT2D eigenvalue weighted by Crippen LogP contribution is -2.38. The number of hydrogen-bond acceptors (Lipinski definition) is 3. The first-order chi connectivity index (χ1) is 10.5. The molecule has 2 aromatic carbocycles. The van der Waals surface area contributed by atoms with Crippen LogP contribution >= 0.6 is 0 Å². The third-order valence-electron chi connectivity index (χ3n) is 3.85. The first-order valence-electron chi connectivity index (χ1n) is 7.42. The van der Waals surface area contributed by atoms with E-state index in [2.05, 4.69) is 31.3 Å². The summed E-state index contributed by atoms with van der Waals surface area (Å²) in [5.41, 5.74) is 2.91. The van der Waals surface area contributed by atoms with Crippen molar-refractivity contribution in [2.24, 2.45) is 0 Å². The molecule has 0 spiro atoms. The Morgan fingerprint density at radius 1 is 1.18 bits per heavy atom. The van der Waals surface area contributed by atoms with E-state index >= 15 is 0 Å². The van der Waals surface area contributed by atoms with E-state index in [9.17, 15) is 9.90 Å². The number of anilines is 1. The second-order valence-electron chi connectivity index (χ2n) is 5.88. The van der Waals surface area contributed by atoms with Crippen molar-refractivity contribution in [3.05, 3.63) is 53.6 Å². The van der Waals surface area contributed by atoms with E-state index in [4.69, 9.17) is 4.74 Å². The number of carbonyl (C=O) groups excluding carboxylic acids is 1. The van der Waals surface area contributed by atoms with Crippen molar-refractivity contribution >= 4 is 11.6 Å². The molecular formula is C18H19NO3. The van der Waals surface area contributed by atoms with Crippen LogP contribution in [0.15, 0.2) is 42.5 Å². The molecule has 0 aliphatic carbocycles. The van der Waals surface area contributed by atoms with Gasteiger partial charge in [-0.1, -0.05) is 38.1 Å². The van der Waals surface area contributed by atoms with Gasteiger partial charge in [-0.15, -0.1) is 0 Å². The van der Waals surface area contributed by atoms with Crippen LogP contribution < -0.4 is 10.1 Å². The average molecular weight is 297 g/mol. The van der Waals surface area contributed by atoms with Crippen LogP contribution in [0.25, 0.3) is 0 Å². The second-order valence-corrected chi connectivity index (χ2v) is 5.88. The van der Waals surface area contributed by atoms with E-state index in [1.54, 1.807) is 6.07 Å². The summed E-state index contributed by atoms with van der Waals surface area (Å²) in [7, 11) is 0. The van der Waals surface area contributed by atoms with Crippen LogP contribution in [0.3, 0.4) is 0 Å². The molecule has 1 atom stereocenters. The molecule has 114 valence electrons. The van der Waals surface area contributed by atoms with Crippen molar-refractivity contribution in [2.75, 3.05) is 5.32 Å². The maximum absolute atomic E-state index is 12.1. The molecule has 3 rings (SSSR count). The van der Waals surface area contributed by atoms with Crippen LogP contribution in [-0.2, 0) is 11.2 Å². The second kappa shape index (κ2) is 5.72. The molecule has 1 aliphatic heterocycles. The van der Waals surface area contributed by atoms with Crippen molar-refractivity contribution in [3.8, 4) is 11.5 Å². The summed E-state index contributed by atoms with van der Waals surface area (Å²) >= 11 is 0. The molecular weight excluding hydrogens is 278 g/mol. The number of phenols is 1. The van der Waals surface area contributed by atoms with Crippen molar-refractivity contribution in [3.63, 3.8) is 0 Å². The summed E-state index contributed by atoms with van der Waals surface area (Å²) < 4.78 is 5.73. The molecule has 1 unspecified atom stereocenters. The number of nitrogens with one attached hydrogen (secondary N) is 1. The Labute approximate surface area is 129 Å². The van der Waals surface area contributed by atoms with Gasteiger partial charge in [0.05, 0.1) is 5.69 Å². The van der Waals surface area contributed by atoms with E-state index in [0.717, 1.165) is 5.56 Å². The Bertz CT molecular complexity index is 692. The molecule has 0 saturated heterocycles. The highest BCUT2D eigenvalue weighted by molar-refractivity contribution is 5.98. The topological polar surface area (TPSA) is 58.6 Å². The smallest absolute Gasteiger partial charge is 0.265 e. The van der Waals surface area contributed by atoms with Gasteiger partial charge in [0.1, 0.15) is 11.5 Å². The lowest BCUT2D eigenvalue weighted by molar-refractivity contribution is -0.123. The average Bonchev–Trinajstić information content (AvgIpc) is 2.49. The van der Waals surface area contributed by atoms with Crippen molar-refractivity contribution in [1.82, 2.24) is 0 Å². The van der Waals surface area contributed by atoms with Gasteiger partial charge in [-0.3, -0.25) is 4.79 Å². The summed E-state index contributed by atoms with van der Waals surface area (Å²) in [6.07, 6.45) is -0.0848. The summed E-state index contributed by atoms with van der Waals surface area (Å²) in [5.74, 6) is 0.947. The third kappa shape index (κ3) is 2.91. The van der Waals surface area contributed by atoms with Crippen molar-refractivity contribution in [2.45, 2.75) is 32.3 Å². The summed E-state index contributed by atoms with van der Waals surface area (Å²) in [5, 5.41) is 12.3. The number of amides is 1. The molecule has 0 aromatic heterocycles. The fourth-order valence-electron chi connectivity index (χ4n) is 2.52. The SMILES string of the molecule is CC(C)c1ccc(CC2Oc3cc(O)ccc3NC2=O)cc1. The number of ether oxygens (including phenoxy) is 1. The molecule has 1 heterocycles. The van der Waals surface area contributed by atoms with Crippen LogP contribution in [-0.4, -0.2) is 17.1 Å². The van der Waals surface area contributed by atoms with Gasteiger partial charge in [0.15, 0.2) is 6.10 Å². The minimum atomic E-state index is -0.584. The number of hydrogen-bond donors (Lipinski definition) is 2. The number of carbonyl (C=O) groups is 1. The fourth-order valence-corrected chi connectivity index (χ4v) is 2.52.